The predicted molar refractivity (Wildman–Crippen MR) is 73.1 cm³/mol. The Morgan fingerprint density at radius 2 is 1.80 bits per heavy atom. The van der Waals surface area contributed by atoms with Crippen molar-refractivity contribution < 1.29 is 13.6 Å². The molecular weight excluding hydrogens is 262 g/mol. The second-order valence-electron chi connectivity index (χ2n) is 4.52. The number of carbonyl (C=O) groups is 1. The molecule has 0 fully saturated rings. The average Bonchev–Trinajstić information content (AvgIpc) is 2.37. The molecule has 1 amide bonds. The zero-order chi connectivity index (χ0) is 14.7. The summed E-state index contributed by atoms with van der Waals surface area (Å²) in [5.41, 5.74) is 7.01. The third-order valence-corrected chi connectivity index (χ3v) is 2.88. The topological polar surface area (TPSA) is 55.1 Å². The Morgan fingerprint density at radius 1 is 1.15 bits per heavy atom. The fourth-order valence-electron chi connectivity index (χ4n) is 1.88. The molecule has 0 aliphatic heterocycles. The highest BCUT2D eigenvalue weighted by Gasteiger charge is 2.13. The van der Waals surface area contributed by atoms with E-state index < -0.39 is 17.5 Å². The second kappa shape index (κ2) is 5.69. The Labute approximate surface area is 115 Å². The van der Waals surface area contributed by atoms with Crippen molar-refractivity contribution in [1.82, 2.24) is 5.32 Å². The van der Waals surface area contributed by atoms with Gasteiger partial charge in [-0.1, -0.05) is 12.1 Å². The first-order valence-corrected chi connectivity index (χ1v) is 6.08. The second-order valence-corrected chi connectivity index (χ2v) is 4.52. The van der Waals surface area contributed by atoms with E-state index in [9.17, 15) is 13.6 Å². The van der Waals surface area contributed by atoms with Gasteiger partial charge in [-0.05, 0) is 36.8 Å². The number of hydrogen-bond donors (Lipinski definition) is 2. The Bertz CT molecular complexity index is 623. The maximum Gasteiger partial charge on any atom is 0.251 e. The maximum absolute atomic E-state index is 13.1. The molecule has 2 aromatic carbocycles. The lowest BCUT2D eigenvalue weighted by atomic mass is 10.1. The smallest absolute Gasteiger partial charge is 0.251 e. The van der Waals surface area contributed by atoms with Crippen LogP contribution in [-0.2, 0) is 0 Å². The van der Waals surface area contributed by atoms with Crippen molar-refractivity contribution in [2.24, 2.45) is 0 Å². The molecular formula is C15H14F2N2O. The fourth-order valence-corrected chi connectivity index (χ4v) is 1.88. The van der Waals surface area contributed by atoms with Gasteiger partial charge in [-0.15, -0.1) is 0 Å². The normalized spacial score (nSPS) is 11.9. The molecule has 0 heterocycles. The molecule has 2 rings (SSSR count). The number of nitrogens with one attached hydrogen (secondary N) is 1. The van der Waals surface area contributed by atoms with Crippen LogP contribution in [0.2, 0.25) is 0 Å². The SMILES string of the molecule is CC(NC(=O)c1cc(F)cc(F)c1)c1cccc(N)c1. The Hall–Kier alpha value is -2.43. The fraction of sp³-hybridized carbons (Fsp3) is 0.133. The number of halogens is 2. The summed E-state index contributed by atoms with van der Waals surface area (Å²) in [5, 5.41) is 2.67. The van der Waals surface area contributed by atoms with Crippen LogP contribution in [0.5, 0.6) is 0 Å². The summed E-state index contributed by atoms with van der Waals surface area (Å²) < 4.78 is 26.1. The molecule has 3 nitrogen and oxygen atoms in total. The van der Waals surface area contributed by atoms with Gasteiger partial charge in [0.15, 0.2) is 0 Å². The zero-order valence-corrected chi connectivity index (χ0v) is 10.9. The number of benzene rings is 2. The van der Waals surface area contributed by atoms with E-state index in [-0.39, 0.29) is 11.6 Å². The summed E-state index contributed by atoms with van der Waals surface area (Å²) in [7, 11) is 0. The molecule has 0 aliphatic carbocycles. The van der Waals surface area contributed by atoms with Gasteiger partial charge in [0, 0.05) is 17.3 Å². The highest BCUT2D eigenvalue weighted by atomic mass is 19.1. The molecule has 2 aromatic rings. The number of nitrogens with two attached hydrogens (primary N) is 1. The van der Waals surface area contributed by atoms with E-state index in [1.54, 1.807) is 25.1 Å². The van der Waals surface area contributed by atoms with E-state index in [1.165, 1.54) is 0 Å². The van der Waals surface area contributed by atoms with Crippen molar-refractivity contribution >= 4 is 11.6 Å². The summed E-state index contributed by atoms with van der Waals surface area (Å²) in [5.74, 6) is -2.11. The summed E-state index contributed by atoms with van der Waals surface area (Å²) in [4.78, 5) is 11.9. The lowest BCUT2D eigenvalue weighted by Gasteiger charge is -2.15. The van der Waals surface area contributed by atoms with Crippen LogP contribution in [0.1, 0.15) is 28.9 Å². The van der Waals surface area contributed by atoms with Crippen LogP contribution >= 0.6 is 0 Å². The molecule has 0 aromatic heterocycles. The van der Waals surface area contributed by atoms with Crippen LogP contribution in [-0.4, -0.2) is 5.91 Å². The monoisotopic (exact) mass is 276 g/mol. The number of amides is 1. The van der Waals surface area contributed by atoms with Crippen molar-refractivity contribution in [2.45, 2.75) is 13.0 Å². The number of nitrogen functional groups attached to an aromatic ring is 1. The number of rotatable bonds is 3. The van der Waals surface area contributed by atoms with Crippen molar-refractivity contribution in [1.29, 1.82) is 0 Å². The molecule has 0 saturated carbocycles. The summed E-state index contributed by atoms with van der Waals surface area (Å²) in [6.07, 6.45) is 0. The van der Waals surface area contributed by atoms with Gasteiger partial charge in [-0.25, -0.2) is 8.78 Å². The molecule has 0 radical (unpaired) electrons. The lowest BCUT2D eigenvalue weighted by molar-refractivity contribution is 0.0939. The van der Waals surface area contributed by atoms with Gasteiger partial charge >= 0.3 is 0 Å². The maximum atomic E-state index is 13.1. The Kier molecular flexibility index (Phi) is 3.98. The third-order valence-electron chi connectivity index (χ3n) is 2.88. The minimum absolute atomic E-state index is 0.0572. The van der Waals surface area contributed by atoms with Crippen LogP contribution < -0.4 is 11.1 Å². The first-order chi connectivity index (χ1) is 9.45. The van der Waals surface area contributed by atoms with Gasteiger partial charge in [0.2, 0.25) is 0 Å². The molecule has 1 atom stereocenters. The predicted octanol–water partition coefficient (Wildman–Crippen LogP) is 3.04. The number of carbonyl (C=O) groups excluding carboxylic acids is 1. The van der Waals surface area contributed by atoms with Crippen LogP contribution in [0, 0.1) is 11.6 Å². The molecule has 104 valence electrons. The molecule has 5 heteroatoms. The summed E-state index contributed by atoms with van der Waals surface area (Å²) in [6.45, 7) is 1.77. The molecule has 0 saturated heterocycles. The van der Waals surface area contributed by atoms with Gasteiger partial charge in [0.25, 0.3) is 5.91 Å². The first-order valence-electron chi connectivity index (χ1n) is 6.08. The van der Waals surface area contributed by atoms with Gasteiger partial charge in [-0.3, -0.25) is 4.79 Å². The van der Waals surface area contributed by atoms with E-state index in [0.29, 0.717) is 5.69 Å². The average molecular weight is 276 g/mol. The van der Waals surface area contributed by atoms with Crippen molar-refractivity contribution in [2.75, 3.05) is 5.73 Å². The highest BCUT2D eigenvalue weighted by molar-refractivity contribution is 5.94. The van der Waals surface area contributed by atoms with Crippen LogP contribution in [0.25, 0.3) is 0 Å². The minimum Gasteiger partial charge on any atom is -0.399 e. The molecule has 0 aliphatic rings. The Balaban J connectivity index is 2.15. The van der Waals surface area contributed by atoms with E-state index in [1.807, 2.05) is 6.07 Å². The van der Waals surface area contributed by atoms with Crippen molar-refractivity contribution in [3.63, 3.8) is 0 Å². The van der Waals surface area contributed by atoms with Crippen molar-refractivity contribution in [3.8, 4) is 0 Å². The highest BCUT2D eigenvalue weighted by Crippen LogP contribution is 2.16. The van der Waals surface area contributed by atoms with Crippen molar-refractivity contribution in [3.05, 3.63) is 65.2 Å². The standard InChI is InChI=1S/C15H14F2N2O/c1-9(10-3-2-4-14(18)7-10)19-15(20)11-5-12(16)8-13(17)6-11/h2-9H,18H2,1H3,(H,19,20). The van der Waals surface area contributed by atoms with Gasteiger partial charge in [0.1, 0.15) is 11.6 Å². The Morgan fingerprint density at radius 3 is 2.40 bits per heavy atom. The molecule has 1 unspecified atom stereocenters. The van der Waals surface area contributed by atoms with E-state index >= 15 is 0 Å². The van der Waals surface area contributed by atoms with E-state index in [4.69, 9.17) is 5.73 Å². The number of hydrogen-bond acceptors (Lipinski definition) is 2. The lowest BCUT2D eigenvalue weighted by Crippen LogP contribution is -2.26. The van der Waals surface area contributed by atoms with E-state index in [0.717, 1.165) is 23.8 Å². The summed E-state index contributed by atoms with van der Waals surface area (Å²) >= 11 is 0. The molecule has 0 bridgehead atoms. The zero-order valence-electron chi connectivity index (χ0n) is 10.9. The minimum atomic E-state index is -0.785. The largest absolute Gasteiger partial charge is 0.399 e. The van der Waals surface area contributed by atoms with Gasteiger partial charge in [-0.2, -0.15) is 0 Å². The van der Waals surface area contributed by atoms with Crippen LogP contribution in [0.3, 0.4) is 0 Å². The number of anilines is 1. The first kappa shape index (κ1) is 14.0. The van der Waals surface area contributed by atoms with Gasteiger partial charge in [0.05, 0.1) is 6.04 Å². The van der Waals surface area contributed by atoms with Gasteiger partial charge < -0.3 is 11.1 Å². The van der Waals surface area contributed by atoms with Crippen LogP contribution in [0.15, 0.2) is 42.5 Å². The third kappa shape index (κ3) is 3.32. The van der Waals surface area contributed by atoms with E-state index in [2.05, 4.69) is 5.32 Å². The molecule has 0 spiro atoms. The molecule has 20 heavy (non-hydrogen) atoms. The summed E-state index contributed by atoms with van der Waals surface area (Å²) in [6, 6.07) is 9.43. The van der Waals surface area contributed by atoms with Crippen LogP contribution in [0.4, 0.5) is 14.5 Å². The quantitative estimate of drug-likeness (QED) is 0.847. The molecule has 3 N–H and O–H groups in total.